The van der Waals surface area contributed by atoms with Crippen LogP contribution in [0.2, 0.25) is 0 Å². The molecule has 0 N–H and O–H groups in total. The summed E-state index contributed by atoms with van der Waals surface area (Å²) in [5.41, 5.74) is 8.90. The van der Waals surface area contributed by atoms with Crippen LogP contribution in [-0.2, 0) is 10.8 Å². The van der Waals surface area contributed by atoms with Gasteiger partial charge in [0.2, 0.25) is 0 Å². The van der Waals surface area contributed by atoms with E-state index in [0.717, 1.165) is 61.3 Å². The van der Waals surface area contributed by atoms with E-state index in [2.05, 4.69) is 123 Å². The van der Waals surface area contributed by atoms with E-state index in [9.17, 15) is 0 Å². The second kappa shape index (κ2) is 8.68. The predicted molar refractivity (Wildman–Crippen MR) is 164 cm³/mol. The summed E-state index contributed by atoms with van der Waals surface area (Å²) in [6.45, 7) is 11.0. The highest BCUT2D eigenvalue weighted by atomic mass is 15.0. The zero-order chi connectivity index (χ0) is 27.6. The Balaban J connectivity index is 1.41. The molecular weight excluding hydrogens is 490 g/mol. The average Bonchev–Trinajstić information content (AvgIpc) is 3.37. The molecular formula is C35H31N5. The van der Waals surface area contributed by atoms with Gasteiger partial charge in [-0.2, -0.15) is 0 Å². The lowest BCUT2D eigenvalue weighted by Gasteiger charge is -2.26. The van der Waals surface area contributed by atoms with E-state index in [4.69, 9.17) is 15.0 Å². The number of hydrogen-bond donors (Lipinski definition) is 0. The Morgan fingerprint density at radius 2 is 1.40 bits per heavy atom. The van der Waals surface area contributed by atoms with E-state index in [-0.39, 0.29) is 10.8 Å². The van der Waals surface area contributed by atoms with Crippen molar-refractivity contribution in [3.63, 3.8) is 0 Å². The molecule has 0 aliphatic carbocycles. The Bertz CT molecular complexity index is 2080. The van der Waals surface area contributed by atoms with E-state index in [1.807, 2.05) is 18.3 Å². The first-order chi connectivity index (χ1) is 19.2. The lowest BCUT2D eigenvalue weighted by atomic mass is 9.80. The number of pyridine rings is 2. The van der Waals surface area contributed by atoms with Crippen LogP contribution in [0.25, 0.3) is 49.9 Å². The predicted octanol–water partition coefficient (Wildman–Crippen LogP) is 8.27. The molecule has 7 aromatic rings. The Morgan fingerprint density at radius 1 is 0.625 bits per heavy atom. The van der Waals surface area contributed by atoms with Crippen molar-refractivity contribution in [1.82, 2.24) is 24.3 Å². The van der Waals surface area contributed by atoms with Gasteiger partial charge in [0.15, 0.2) is 5.82 Å². The first kappa shape index (κ1) is 24.4. The maximum Gasteiger partial charge on any atom is 0.159 e. The minimum absolute atomic E-state index is 0.0433. The summed E-state index contributed by atoms with van der Waals surface area (Å²) in [6, 6.07) is 31.7. The van der Waals surface area contributed by atoms with Gasteiger partial charge in [-0.25, -0.2) is 19.9 Å². The third-order valence-electron chi connectivity index (χ3n) is 8.01. The molecule has 196 valence electrons. The zero-order valence-electron chi connectivity index (χ0n) is 23.5. The van der Waals surface area contributed by atoms with Gasteiger partial charge >= 0.3 is 0 Å². The van der Waals surface area contributed by atoms with Gasteiger partial charge in [-0.15, -0.1) is 0 Å². The van der Waals surface area contributed by atoms with Crippen molar-refractivity contribution in [2.75, 3.05) is 0 Å². The summed E-state index contributed by atoms with van der Waals surface area (Å²) < 4.78 is 2.25. The molecule has 0 saturated heterocycles. The molecule has 7 rings (SSSR count). The third kappa shape index (κ3) is 3.76. The van der Waals surface area contributed by atoms with Gasteiger partial charge in [-0.05, 0) is 42.0 Å². The number of hydrogen-bond acceptors (Lipinski definition) is 4. The first-order valence-electron chi connectivity index (χ1n) is 13.8. The normalized spacial score (nSPS) is 12.6. The SMILES string of the molecule is CC(C)(C)c1ccnc(-c2cccc(C(C)(C)c3ccc4c(n3)c3ccccc3c3nc5ccccc5n43)c2)n1. The Labute approximate surface area is 233 Å². The second-order valence-electron chi connectivity index (χ2n) is 12.1. The number of imidazole rings is 1. The number of fused-ring (bicyclic) bond motifs is 8. The van der Waals surface area contributed by atoms with Crippen molar-refractivity contribution < 1.29 is 0 Å². The Hall–Kier alpha value is -4.64. The van der Waals surface area contributed by atoms with Crippen molar-refractivity contribution >= 4 is 38.5 Å². The molecule has 5 heteroatoms. The van der Waals surface area contributed by atoms with Gasteiger partial charge in [0.25, 0.3) is 0 Å². The molecule has 3 aromatic carbocycles. The minimum Gasteiger partial charge on any atom is -0.290 e. The van der Waals surface area contributed by atoms with Crippen molar-refractivity contribution in [3.8, 4) is 11.4 Å². The van der Waals surface area contributed by atoms with Crippen LogP contribution in [0.3, 0.4) is 0 Å². The maximum atomic E-state index is 5.36. The maximum absolute atomic E-state index is 5.36. The second-order valence-corrected chi connectivity index (χ2v) is 12.1. The summed E-state index contributed by atoms with van der Waals surface area (Å²) in [6.07, 6.45) is 1.86. The van der Waals surface area contributed by atoms with Gasteiger partial charge in [0, 0.05) is 39.1 Å². The van der Waals surface area contributed by atoms with Crippen LogP contribution in [0.4, 0.5) is 0 Å². The molecule has 0 spiro atoms. The van der Waals surface area contributed by atoms with E-state index >= 15 is 0 Å². The number of aromatic nitrogens is 5. The monoisotopic (exact) mass is 521 g/mol. The highest BCUT2D eigenvalue weighted by Crippen LogP contribution is 2.36. The fraction of sp³-hybridized carbons (Fsp3) is 0.200. The molecule has 0 fully saturated rings. The summed E-state index contributed by atoms with van der Waals surface area (Å²) in [5, 5.41) is 2.21. The molecule has 4 heterocycles. The van der Waals surface area contributed by atoms with Gasteiger partial charge in [0.1, 0.15) is 5.65 Å². The van der Waals surface area contributed by atoms with Crippen molar-refractivity contribution in [1.29, 1.82) is 0 Å². The van der Waals surface area contributed by atoms with Crippen LogP contribution in [-0.4, -0.2) is 24.3 Å². The van der Waals surface area contributed by atoms with Crippen molar-refractivity contribution in [2.45, 2.75) is 45.4 Å². The average molecular weight is 522 g/mol. The molecule has 0 radical (unpaired) electrons. The molecule has 5 nitrogen and oxygen atoms in total. The third-order valence-corrected chi connectivity index (χ3v) is 8.01. The summed E-state index contributed by atoms with van der Waals surface area (Å²) in [4.78, 5) is 19.9. The largest absolute Gasteiger partial charge is 0.290 e. The van der Waals surface area contributed by atoms with Crippen molar-refractivity contribution in [3.05, 3.63) is 114 Å². The van der Waals surface area contributed by atoms with Gasteiger partial charge < -0.3 is 0 Å². The molecule has 40 heavy (non-hydrogen) atoms. The molecule has 0 unspecified atom stereocenters. The van der Waals surface area contributed by atoms with Crippen LogP contribution >= 0.6 is 0 Å². The highest BCUT2D eigenvalue weighted by Gasteiger charge is 2.27. The molecule has 0 amide bonds. The van der Waals surface area contributed by atoms with E-state index in [1.165, 1.54) is 5.56 Å². The fourth-order valence-electron chi connectivity index (χ4n) is 5.62. The fourth-order valence-corrected chi connectivity index (χ4v) is 5.62. The summed E-state index contributed by atoms with van der Waals surface area (Å²) >= 11 is 0. The van der Waals surface area contributed by atoms with Gasteiger partial charge in [-0.1, -0.05) is 89.2 Å². The summed E-state index contributed by atoms with van der Waals surface area (Å²) in [5.74, 6) is 0.747. The minimum atomic E-state index is -0.348. The Morgan fingerprint density at radius 3 is 2.23 bits per heavy atom. The molecule has 0 bridgehead atoms. The molecule has 0 atom stereocenters. The smallest absolute Gasteiger partial charge is 0.159 e. The topological polar surface area (TPSA) is 56.0 Å². The lowest BCUT2D eigenvalue weighted by molar-refractivity contribution is 0.568. The number of para-hydroxylation sites is 2. The van der Waals surface area contributed by atoms with Crippen LogP contribution < -0.4 is 0 Å². The van der Waals surface area contributed by atoms with E-state index < -0.39 is 0 Å². The zero-order valence-corrected chi connectivity index (χ0v) is 23.5. The molecule has 0 aliphatic rings. The van der Waals surface area contributed by atoms with Gasteiger partial charge in [0.05, 0.1) is 27.8 Å². The Kier molecular flexibility index (Phi) is 5.30. The number of benzene rings is 3. The number of nitrogens with zero attached hydrogens (tertiary/aromatic N) is 5. The molecule has 0 aliphatic heterocycles. The van der Waals surface area contributed by atoms with Crippen LogP contribution in [0, 0.1) is 0 Å². The van der Waals surface area contributed by atoms with E-state index in [0.29, 0.717) is 0 Å². The first-order valence-corrected chi connectivity index (χ1v) is 13.8. The highest BCUT2D eigenvalue weighted by molar-refractivity contribution is 6.12. The van der Waals surface area contributed by atoms with Gasteiger partial charge in [-0.3, -0.25) is 4.40 Å². The van der Waals surface area contributed by atoms with Crippen LogP contribution in [0.15, 0.2) is 97.2 Å². The standard InChI is InChI=1S/C35H31N5/c1-34(2,3)29-19-20-36-32(39-29)22-11-10-12-23(21-22)35(4,5)30-18-17-28-31(38-30)24-13-6-7-14-25(24)33-37-26-15-8-9-16-27(26)40(28)33/h6-21H,1-5H3. The number of rotatable bonds is 3. The molecule has 0 saturated carbocycles. The molecule has 4 aromatic heterocycles. The van der Waals surface area contributed by atoms with Crippen molar-refractivity contribution in [2.24, 2.45) is 0 Å². The van der Waals surface area contributed by atoms with E-state index in [1.54, 1.807) is 0 Å². The summed E-state index contributed by atoms with van der Waals surface area (Å²) in [7, 11) is 0. The lowest BCUT2D eigenvalue weighted by Crippen LogP contribution is -2.21. The quantitative estimate of drug-likeness (QED) is 0.220. The van der Waals surface area contributed by atoms with Crippen LogP contribution in [0.1, 0.15) is 51.6 Å². The van der Waals surface area contributed by atoms with Crippen LogP contribution in [0.5, 0.6) is 0 Å².